The van der Waals surface area contributed by atoms with E-state index in [1.165, 1.54) is 23.6 Å². The fourth-order valence-electron chi connectivity index (χ4n) is 4.53. The first kappa shape index (κ1) is 16.6. The molecule has 0 radical (unpaired) electrons. The van der Waals surface area contributed by atoms with E-state index in [4.69, 9.17) is 16.3 Å². The predicted octanol–water partition coefficient (Wildman–Crippen LogP) is 4.20. The van der Waals surface area contributed by atoms with Gasteiger partial charge in [-0.2, -0.15) is 0 Å². The quantitative estimate of drug-likeness (QED) is 0.597. The largest absolute Gasteiger partial charge is 0.427 e. The number of piperidine rings is 1. The van der Waals surface area contributed by atoms with Crippen LogP contribution in [0.3, 0.4) is 0 Å². The van der Waals surface area contributed by atoms with Gasteiger partial charge < -0.3 is 9.64 Å². The molecule has 4 rings (SSSR count). The summed E-state index contributed by atoms with van der Waals surface area (Å²) in [6.07, 6.45) is 3.18. The Bertz CT molecular complexity index is 817. The highest BCUT2D eigenvalue weighted by Crippen LogP contribution is 2.49. The van der Waals surface area contributed by atoms with Crippen LogP contribution in [0.4, 0.5) is 0 Å². The molecule has 130 valence electrons. The Balaban J connectivity index is 1.87. The van der Waals surface area contributed by atoms with E-state index < -0.39 is 0 Å². The molecule has 1 heterocycles. The van der Waals surface area contributed by atoms with Crippen molar-refractivity contribution >= 4 is 17.6 Å². The molecular weight excluding hydrogens is 334 g/mol. The summed E-state index contributed by atoms with van der Waals surface area (Å²) < 4.78 is 5.37. The van der Waals surface area contributed by atoms with E-state index >= 15 is 0 Å². The van der Waals surface area contributed by atoms with Crippen LogP contribution in [-0.4, -0.2) is 30.5 Å². The monoisotopic (exact) mass is 355 g/mol. The van der Waals surface area contributed by atoms with Gasteiger partial charge in [0.25, 0.3) is 0 Å². The van der Waals surface area contributed by atoms with Gasteiger partial charge >= 0.3 is 5.97 Å². The molecule has 2 aliphatic rings. The van der Waals surface area contributed by atoms with Crippen molar-refractivity contribution in [1.29, 1.82) is 0 Å². The van der Waals surface area contributed by atoms with E-state index in [-0.39, 0.29) is 11.4 Å². The number of carbonyl (C=O) groups is 1. The van der Waals surface area contributed by atoms with Crippen LogP contribution < -0.4 is 4.74 Å². The maximum Gasteiger partial charge on any atom is 0.308 e. The number of benzene rings is 2. The van der Waals surface area contributed by atoms with Crippen molar-refractivity contribution in [3.8, 4) is 5.75 Å². The van der Waals surface area contributed by atoms with Crippen LogP contribution in [0.15, 0.2) is 42.5 Å². The molecule has 25 heavy (non-hydrogen) atoms. The topological polar surface area (TPSA) is 29.5 Å². The van der Waals surface area contributed by atoms with Gasteiger partial charge in [0, 0.05) is 23.4 Å². The second kappa shape index (κ2) is 6.15. The van der Waals surface area contributed by atoms with Crippen molar-refractivity contribution in [3.05, 3.63) is 64.2 Å². The van der Waals surface area contributed by atoms with Gasteiger partial charge in [0.05, 0.1) is 0 Å². The molecule has 1 saturated heterocycles. The Hall–Kier alpha value is -1.84. The lowest BCUT2D eigenvalue weighted by Crippen LogP contribution is -2.52. The van der Waals surface area contributed by atoms with Crippen molar-refractivity contribution in [2.45, 2.75) is 37.6 Å². The molecule has 2 aromatic carbocycles. The Morgan fingerprint density at radius 1 is 1.24 bits per heavy atom. The lowest BCUT2D eigenvalue weighted by atomic mass is 9.60. The minimum absolute atomic E-state index is 0.0362. The van der Waals surface area contributed by atoms with Crippen LogP contribution in [0.2, 0.25) is 5.02 Å². The average molecular weight is 356 g/mol. The third-order valence-corrected chi connectivity index (χ3v) is 6.06. The smallest absolute Gasteiger partial charge is 0.308 e. The highest BCUT2D eigenvalue weighted by Gasteiger charge is 2.46. The zero-order chi connectivity index (χ0) is 17.6. The highest BCUT2D eigenvalue weighted by molar-refractivity contribution is 6.30. The van der Waals surface area contributed by atoms with Gasteiger partial charge in [-0.05, 0) is 73.8 Å². The SMILES string of the molecule is CC(=O)Oc1ccc2c(c1)C1(c3ccc(Cl)cc3)CCN(C)C(C2)C1. The summed E-state index contributed by atoms with van der Waals surface area (Å²) in [7, 11) is 2.22. The minimum Gasteiger partial charge on any atom is -0.427 e. The van der Waals surface area contributed by atoms with Crippen molar-refractivity contribution in [2.75, 3.05) is 13.6 Å². The van der Waals surface area contributed by atoms with Gasteiger partial charge in [0.15, 0.2) is 0 Å². The van der Waals surface area contributed by atoms with Gasteiger partial charge in [0.1, 0.15) is 5.75 Å². The van der Waals surface area contributed by atoms with Crippen LogP contribution in [0.25, 0.3) is 0 Å². The number of esters is 1. The molecular formula is C21H22ClNO2. The van der Waals surface area contributed by atoms with E-state index in [9.17, 15) is 4.79 Å². The minimum atomic E-state index is -0.280. The molecule has 0 saturated carbocycles. The van der Waals surface area contributed by atoms with Crippen LogP contribution in [-0.2, 0) is 16.6 Å². The van der Waals surface area contributed by atoms with Crippen LogP contribution in [0.1, 0.15) is 36.5 Å². The Labute approximate surface area is 153 Å². The number of nitrogens with zero attached hydrogens (tertiary/aromatic N) is 1. The first-order chi connectivity index (χ1) is 12.0. The summed E-state index contributed by atoms with van der Waals surface area (Å²) in [5.74, 6) is 0.356. The second-order valence-electron chi connectivity index (χ2n) is 7.29. The molecule has 2 aromatic rings. The first-order valence-electron chi connectivity index (χ1n) is 8.76. The number of likely N-dealkylation sites (tertiary alicyclic amines) is 1. The number of halogens is 1. The highest BCUT2D eigenvalue weighted by atomic mass is 35.5. The lowest BCUT2D eigenvalue weighted by Gasteiger charge is -2.51. The number of hydrogen-bond donors (Lipinski definition) is 0. The summed E-state index contributed by atoms with van der Waals surface area (Å²) in [5, 5.41) is 0.759. The molecule has 1 aliphatic carbocycles. The first-order valence-corrected chi connectivity index (χ1v) is 9.14. The average Bonchev–Trinajstić information content (AvgIpc) is 2.59. The standard InChI is InChI=1S/C21H22ClNO2/c1-14(24)25-19-8-3-15-11-18-13-21(20(15)12-19,9-10-23(18)2)16-4-6-17(22)7-5-16/h3-8,12,18H,9-11,13H2,1-2H3. The van der Waals surface area contributed by atoms with Gasteiger partial charge in [-0.1, -0.05) is 29.8 Å². The number of fused-ring (bicyclic) bond motifs is 4. The fourth-order valence-corrected chi connectivity index (χ4v) is 4.66. The van der Waals surface area contributed by atoms with Crippen LogP contribution in [0, 0.1) is 0 Å². The number of likely N-dealkylation sites (N-methyl/N-ethyl adjacent to an activating group) is 1. The fraction of sp³-hybridized carbons (Fsp3) is 0.381. The Morgan fingerprint density at radius 3 is 2.72 bits per heavy atom. The lowest BCUT2D eigenvalue weighted by molar-refractivity contribution is -0.131. The van der Waals surface area contributed by atoms with E-state index in [0.29, 0.717) is 11.8 Å². The predicted molar refractivity (Wildman–Crippen MR) is 99.3 cm³/mol. The third-order valence-electron chi connectivity index (χ3n) is 5.81. The number of carbonyl (C=O) groups excluding carboxylic acids is 1. The Morgan fingerprint density at radius 2 is 2.00 bits per heavy atom. The van der Waals surface area contributed by atoms with Crippen LogP contribution >= 0.6 is 11.6 Å². The molecule has 4 heteroatoms. The molecule has 0 N–H and O–H groups in total. The normalized spacial score (nSPS) is 25.3. The molecule has 0 aromatic heterocycles. The molecule has 2 unspecified atom stereocenters. The molecule has 2 bridgehead atoms. The van der Waals surface area contributed by atoms with Crippen molar-refractivity contribution < 1.29 is 9.53 Å². The maximum absolute atomic E-state index is 11.4. The molecule has 3 nitrogen and oxygen atoms in total. The molecule has 0 spiro atoms. The van der Waals surface area contributed by atoms with Gasteiger partial charge in [-0.3, -0.25) is 4.79 Å². The van der Waals surface area contributed by atoms with E-state index in [1.54, 1.807) is 0 Å². The van der Waals surface area contributed by atoms with E-state index in [0.717, 1.165) is 30.8 Å². The zero-order valence-electron chi connectivity index (χ0n) is 14.6. The van der Waals surface area contributed by atoms with Crippen molar-refractivity contribution in [2.24, 2.45) is 0 Å². The van der Waals surface area contributed by atoms with E-state index in [1.807, 2.05) is 18.2 Å². The van der Waals surface area contributed by atoms with E-state index in [2.05, 4.69) is 36.2 Å². The second-order valence-corrected chi connectivity index (χ2v) is 7.73. The number of rotatable bonds is 2. The molecule has 0 amide bonds. The van der Waals surface area contributed by atoms with Gasteiger partial charge in [-0.15, -0.1) is 0 Å². The molecule has 1 fully saturated rings. The summed E-state index contributed by atoms with van der Waals surface area (Å²) >= 11 is 6.12. The summed E-state index contributed by atoms with van der Waals surface area (Å²) in [4.78, 5) is 13.9. The molecule has 2 atom stereocenters. The van der Waals surface area contributed by atoms with Gasteiger partial charge in [0.2, 0.25) is 0 Å². The Kier molecular flexibility index (Phi) is 4.09. The van der Waals surface area contributed by atoms with Crippen LogP contribution in [0.5, 0.6) is 5.75 Å². The maximum atomic E-state index is 11.4. The van der Waals surface area contributed by atoms with Crippen molar-refractivity contribution in [1.82, 2.24) is 4.90 Å². The number of ether oxygens (including phenoxy) is 1. The number of hydrogen-bond acceptors (Lipinski definition) is 3. The third kappa shape index (κ3) is 2.86. The zero-order valence-corrected chi connectivity index (χ0v) is 15.3. The van der Waals surface area contributed by atoms with Crippen molar-refractivity contribution in [3.63, 3.8) is 0 Å². The molecule has 1 aliphatic heterocycles. The summed E-state index contributed by atoms with van der Waals surface area (Å²) in [6, 6.07) is 14.9. The summed E-state index contributed by atoms with van der Waals surface area (Å²) in [6.45, 7) is 2.50. The summed E-state index contributed by atoms with van der Waals surface area (Å²) in [5.41, 5.74) is 3.92. The van der Waals surface area contributed by atoms with Gasteiger partial charge in [-0.25, -0.2) is 0 Å².